The van der Waals surface area contributed by atoms with Crippen LogP contribution in [0, 0.1) is 0 Å². The first-order valence-corrected chi connectivity index (χ1v) is 18.0. The largest absolute Gasteiger partial charge is 0.455 e. The van der Waals surface area contributed by atoms with Crippen molar-refractivity contribution in [3.63, 3.8) is 0 Å². The molecule has 0 bridgehead atoms. The van der Waals surface area contributed by atoms with Gasteiger partial charge in [0, 0.05) is 38.5 Å². The molecule has 2 aromatic heterocycles. The molecule has 11 aromatic rings. The molecule has 3 heteroatoms. The van der Waals surface area contributed by atoms with E-state index in [0.29, 0.717) is 0 Å². The SMILES string of the molecule is c1ccc(-c2ccc(N(c3ccc4oc5c(-c6cccc7ccccc67)c6ccccc6cc5c4c3)c3cccc4c3oc3ccccc34)cc2)cc1. The van der Waals surface area contributed by atoms with Gasteiger partial charge < -0.3 is 13.7 Å². The van der Waals surface area contributed by atoms with E-state index in [1.54, 1.807) is 0 Å². The van der Waals surface area contributed by atoms with Gasteiger partial charge in [0.1, 0.15) is 16.7 Å². The zero-order valence-electron chi connectivity index (χ0n) is 28.7. The zero-order chi connectivity index (χ0) is 34.9. The minimum Gasteiger partial charge on any atom is -0.455 e. The molecule has 0 aliphatic carbocycles. The van der Waals surface area contributed by atoms with Gasteiger partial charge in [-0.1, -0.05) is 140 Å². The number of rotatable bonds is 5. The van der Waals surface area contributed by atoms with E-state index in [-0.39, 0.29) is 0 Å². The topological polar surface area (TPSA) is 29.5 Å². The fraction of sp³-hybridized carbons (Fsp3) is 0. The number of fused-ring (bicyclic) bond motifs is 8. The number of nitrogens with zero attached hydrogens (tertiary/aromatic N) is 1. The highest BCUT2D eigenvalue weighted by Crippen LogP contribution is 2.47. The fourth-order valence-corrected chi connectivity index (χ4v) is 8.18. The van der Waals surface area contributed by atoms with Crippen LogP contribution in [0.4, 0.5) is 17.1 Å². The van der Waals surface area contributed by atoms with Gasteiger partial charge >= 0.3 is 0 Å². The van der Waals surface area contributed by atoms with Crippen molar-refractivity contribution in [2.75, 3.05) is 4.90 Å². The van der Waals surface area contributed by atoms with E-state index in [4.69, 9.17) is 8.83 Å². The van der Waals surface area contributed by atoms with Crippen LogP contribution in [-0.4, -0.2) is 0 Å². The molecule has 3 nitrogen and oxygen atoms in total. The normalized spacial score (nSPS) is 11.8. The minimum absolute atomic E-state index is 0.849. The van der Waals surface area contributed by atoms with Gasteiger partial charge in [-0.25, -0.2) is 0 Å². The Hall–Kier alpha value is -7.10. The van der Waals surface area contributed by atoms with Crippen LogP contribution in [0.3, 0.4) is 0 Å². The predicted octanol–water partition coefficient (Wildman–Crippen LogP) is 14.6. The summed E-state index contributed by atoms with van der Waals surface area (Å²) < 4.78 is 13.5. The minimum atomic E-state index is 0.849. The molecule has 0 unspecified atom stereocenters. The Bertz CT molecular complexity index is 3160. The van der Waals surface area contributed by atoms with Crippen LogP contribution in [0.5, 0.6) is 0 Å². The van der Waals surface area contributed by atoms with Crippen molar-refractivity contribution in [2.45, 2.75) is 0 Å². The predicted molar refractivity (Wildman–Crippen MR) is 222 cm³/mol. The third kappa shape index (κ3) is 4.68. The second kappa shape index (κ2) is 11.7. The molecule has 11 rings (SSSR count). The van der Waals surface area contributed by atoms with Gasteiger partial charge in [0.2, 0.25) is 0 Å². The van der Waals surface area contributed by atoms with Crippen molar-refractivity contribution < 1.29 is 8.83 Å². The summed E-state index contributed by atoms with van der Waals surface area (Å²) in [5.74, 6) is 0. The maximum atomic E-state index is 6.88. The lowest BCUT2D eigenvalue weighted by Crippen LogP contribution is -2.10. The number of anilines is 3. The quantitative estimate of drug-likeness (QED) is 0.182. The molecule has 0 aliphatic heterocycles. The summed E-state index contributed by atoms with van der Waals surface area (Å²) in [4.78, 5) is 2.31. The highest BCUT2D eigenvalue weighted by molar-refractivity contribution is 6.21. The Morgan fingerprint density at radius 1 is 0.340 bits per heavy atom. The maximum Gasteiger partial charge on any atom is 0.159 e. The van der Waals surface area contributed by atoms with Gasteiger partial charge in [0.15, 0.2) is 5.58 Å². The van der Waals surface area contributed by atoms with E-state index < -0.39 is 0 Å². The van der Waals surface area contributed by atoms with E-state index in [1.807, 2.05) is 12.1 Å². The Morgan fingerprint density at radius 2 is 0.962 bits per heavy atom. The maximum absolute atomic E-state index is 6.88. The lowest BCUT2D eigenvalue weighted by atomic mass is 9.92. The molecule has 0 saturated heterocycles. The molecule has 9 aromatic carbocycles. The van der Waals surface area contributed by atoms with Crippen molar-refractivity contribution in [1.29, 1.82) is 0 Å². The molecule has 0 amide bonds. The summed E-state index contributed by atoms with van der Waals surface area (Å²) in [6.07, 6.45) is 0. The van der Waals surface area contributed by atoms with E-state index in [9.17, 15) is 0 Å². The molecule has 248 valence electrons. The summed E-state index contributed by atoms with van der Waals surface area (Å²) in [7, 11) is 0. The summed E-state index contributed by atoms with van der Waals surface area (Å²) >= 11 is 0. The van der Waals surface area contributed by atoms with Crippen LogP contribution in [0.2, 0.25) is 0 Å². The number of hydrogen-bond donors (Lipinski definition) is 0. The Balaban J connectivity index is 1.17. The number of benzene rings is 9. The molecule has 0 atom stereocenters. The van der Waals surface area contributed by atoms with Gasteiger partial charge in [-0.05, 0) is 86.8 Å². The van der Waals surface area contributed by atoms with Crippen molar-refractivity contribution in [2.24, 2.45) is 0 Å². The molecular formula is C50H31NO2. The van der Waals surface area contributed by atoms with Crippen molar-refractivity contribution in [3.8, 4) is 22.3 Å². The molecule has 53 heavy (non-hydrogen) atoms. The van der Waals surface area contributed by atoms with Crippen LogP contribution in [0.15, 0.2) is 197 Å². The van der Waals surface area contributed by atoms with Gasteiger partial charge in [0.25, 0.3) is 0 Å². The van der Waals surface area contributed by atoms with Gasteiger partial charge in [-0.3, -0.25) is 0 Å². The first-order chi connectivity index (χ1) is 26.3. The highest BCUT2D eigenvalue weighted by Gasteiger charge is 2.22. The van der Waals surface area contributed by atoms with E-state index in [1.165, 1.54) is 38.2 Å². The van der Waals surface area contributed by atoms with Crippen LogP contribution >= 0.6 is 0 Å². The van der Waals surface area contributed by atoms with Crippen LogP contribution in [0.25, 0.3) is 87.7 Å². The average Bonchev–Trinajstić information content (AvgIpc) is 3.79. The fourth-order valence-electron chi connectivity index (χ4n) is 8.18. The van der Waals surface area contributed by atoms with Gasteiger partial charge in [0.05, 0.1) is 5.69 Å². The number of furan rings is 2. The summed E-state index contributed by atoms with van der Waals surface area (Å²) in [5, 5.41) is 9.11. The average molecular weight is 678 g/mol. The molecule has 0 N–H and O–H groups in total. The van der Waals surface area contributed by atoms with Gasteiger partial charge in [-0.2, -0.15) is 0 Å². The zero-order valence-corrected chi connectivity index (χ0v) is 28.7. The molecular weight excluding hydrogens is 647 g/mol. The lowest BCUT2D eigenvalue weighted by molar-refractivity contribution is 0.669. The summed E-state index contributed by atoms with van der Waals surface area (Å²) in [6.45, 7) is 0. The van der Waals surface area contributed by atoms with Crippen molar-refractivity contribution in [3.05, 3.63) is 188 Å². The van der Waals surface area contributed by atoms with Crippen molar-refractivity contribution >= 4 is 82.5 Å². The van der Waals surface area contributed by atoms with Crippen molar-refractivity contribution in [1.82, 2.24) is 0 Å². The van der Waals surface area contributed by atoms with E-state index in [0.717, 1.165) is 66.5 Å². The molecule has 0 radical (unpaired) electrons. The first-order valence-electron chi connectivity index (χ1n) is 18.0. The Kier molecular flexibility index (Phi) is 6.55. The molecule has 0 saturated carbocycles. The van der Waals surface area contributed by atoms with Crippen LogP contribution < -0.4 is 4.90 Å². The molecule has 0 spiro atoms. The van der Waals surface area contributed by atoms with E-state index >= 15 is 0 Å². The summed E-state index contributed by atoms with van der Waals surface area (Å²) in [5.41, 5.74) is 11.1. The molecule has 0 aliphatic rings. The molecule has 2 heterocycles. The van der Waals surface area contributed by atoms with Crippen LogP contribution in [0.1, 0.15) is 0 Å². The third-order valence-corrected chi connectivity index (χ3v) is 10.6. The second-order valence-corrected chi connectivity index (χ2v) is 13.7. The summed E-state index contributed by atoms with van der Waals surface area (Å²) in [6, 6.07) is 66.6. The smallest absolute Gasteiger partial charge is 0.159 e. The third-order valence-electron chi connectivity index (χ3n) is 10.6. The van der Waals surface area contributed by atoms with Gasteiger partial charge in [-0.15, -0.1) is 0 Å². The lowest BCUT2D eigenvalue weighted by Gasteiger charge is -2.26. The first kappa shape index (κ1) is 29.6. The molecule has 0 fully saturated rings. The highest BCUT2D eigenvalue weighted by atomic mass is 16.3. The monoisotopic (exact) mass is 677 g/mol. The standard InChI is InChI=1S/C50H31NO2/c1-2-12-32(13-3-1)33-24-26-36(27-25-33)51(45-22-11-21-42-40-19-8-9-23-46(40)52-49(42)45)37-28-29-47-43(31-37)44-30-35-15-5-7-18-39(35)48(50(44)53-47)41-20-10-16-34-14-4-6-17-38(34)41/h1-31H. The number of para-hydroxylation sites is 2. The Labute approximate surface area is 305 Å². The second-order valence-electron chi connectivity index (χ2n) is 13.7. The van der Waals surface area contributed by atoms with E-state index in [2.05, 4.69) is 181 Å². The van der Waals surface area contributed by atoms with Crippen LogP contribution in [-0.2, 0) is 0 Å². The number of hydrogen-bond acceptors (Lipinski definition) is 3. The Morgan fingerprint density at radius 3 is 1.83 bits per heavy atom.